The molecule has 4 heterocycles. The number of urea groups is 1. The van der Waals surface area contributed by atoms with Crippen molar-refractivity contribution in [1.82, 2.24) is 24.8 Å². The number of hydrogen-bond donors (Lipinski definition) is 3. The molecule has 1 aromatic carbocycles. The molecule has 41 heavy (non-hydrogen) atoms. The van der Waals surface area contributed by atoms with Gasteiger partial charge in [0.25, 0.3) is 0 Å². The van der Waals surface area contributed by atoms with E-state index in [0.717, 1.165) is 37.0 Å². The number of rotatable bonds is 4. The number of carbonyl (C=O) groups excluding carboxylic acids is 1. The topological polar surface area (TPSA) is 133 Å². The van der Waals surface area contributed by atoms with Crippen molar-refractivity contribution in [3.05, 3.63) is 48.0 Å². The fourth-order valence-corrected chi connectivity index (χ4v) is 9.36. The average Bonchev–Trinajstić information content (AvgIpc) is 3.69. The number of hydrogen-bond acceptors (Lipinski definition) is 8. The molecule has 2 aliphatic heterocycles. The number of nitrogens with one attached hydrogen (secondary N) is 2. The Bertz CT molecular complexity index is 1480. The van der Waals surface area contributed by atoms with Gasteiger partial charge in [0.05, 0.1) is 12.9 Å². The molecule has 4 saturated carbocycles. The lowest BCUT2D eigenvalue weighted by molar-refractivity contribution is -0.213. The lowest BCUT2D eigenvalue weighted by Gasteiger charge is -2.56. The third-order valence-electron chi connectivity index (χ3n) is 10.5. The molecular formula is C30H34N6O5. The van der Waals surface area contributed by atoms with E-state index in [2.05, 4.69) is 37.7 Å². The second kappa shape index (κ2) is 8.70. The highest BCUT2D eigenvalue weighted by Gasteiger charge is 2.60. The van der Waals surface area contributed by atoms with Gasteiger partial charge in [0.1, 0.15) is 24.6 Å². The van der Waals surface area contributed by atoms with Gasteiger partial charge in [-0.05, 0) is 67.4 Å². The minimum atomic E-state index is -0.776. The van der Waals surface area contributed by atoms with Gasteiger partial charge >= 0.3 is 6.03 Å². The number of nitrogens with zero attached hydrogens (tertiary/aromatic N) is 4. The summed E-state index contributed by atoms with van der Waals surface area (Å²) < 4.78 is 21.2. The maximum absolute atomic E-state index is 13.3. The summed E-state index contributed by atoms with van der Waals surface area (Å²) in [6.07, 6.45) is 9.51. The van der Waals surface area contributed by atoms with Crippen molar-refractivity contribution in [3.8, 4) is 0 Å². The van der Waals surface area contributed by atoms with E-state index >= 15 is 0 Å². The highest BCUT2D eigenvalue weighted by molar-refractivity contribution is 5.96. The molecule has 6 fully saturated rings. The van der Waals surface area contributed by atoms with Gasteiger partial charge in [0.15, 0.2) is 29.0 Å². The van der Waals surface area contributed by atoms with E-state index in [4.69, 9.17) is 14.2 Å². The van der Waals surface area contributed by atoms with Crippen LogP contribution in [-0.2, 0) is 27.1 Å². The van der Waals surface area contributed by atoms with Crippen LogP contribution in [0.4, 0.5) is 10.6 Å². The molecule has 4 bridgehead atoms. The molecule has 10 rings (SSSR count). The number of amides is 2. The predicted octanol–water partition coefficient (Wildman–Crippen LogP) is 3.09. The number of carbonyl (C=O) groups is 1. The number of aromatic nitrogens is 4. The van der Waals surface area contributed by atoms with Crippen LogP contribution >= 0.6 is 0 Å². The summed E-state index contributed by atoms with van der Waals surface area (Å²) in [5, 5.41) is 16.5. The Balaban J connectivity index is 0.967. The quantitative estimate of drug-likeness (QED) is 0.445. The first-order valence-corrected chi connectivity index (χ1v) is 14.9. The van der Waals surface area contributed by atoms with E-state index < -0.39 is 30.3 Å². The number of benzene rings is 1. The molecule has 7 aliphatic rings. The number of fused-ring (bicyclic) bond motifs is 3. The maximum Gasteiger partial charge on any atom is 0.320 e. The molecule has 3 aromatic rings. The summed E-state index contributed by atoms with van der Waals surface area (Å²) in [6, 6.07) is 8.03. The lowest BCUT2D eigenvalue weighted by Crippen LogP contribution is -2.60. The molecule has 5 aliphatic carbocycles. The van der Waals surface area contributed by atoms with Crippen LogP contribution in [0.3, 0.4) is 0 Å². The van der Waals surface area contributed by atoms with Gasteiger partial charge in [-0.1, -0.05) is 24.3 Å². The molecule has 0 radical (unpaired) electrons. The van der Waals surface area contributed by atoms with Gasteiger partial charge in [-0.2, -0.15) is 0 Å². The molecule has 11 heteroatoms. The van der Waals surface area contributed by atoms with E-state index in [1.807, 2.05) is 12.1 Å². The summed E-state index contributed by atoms with van der Waals surface area (Å²) in [4.78, 5) is 26.7. The molecule has 214 valence electrons. The van der Waals surface area contributed by atoms with Crippen molar-refractivity contribution in [3.63, 3.8) is 0 Å². The zero-order chi connectivity index (χ0) is 27.3. The van der Waals surface area contributed by atoms with Crippen LogP contribution in [0.5, 0.6) is 0 Å². The molecule has 2 amide bonds. The monoisotopic (exact) mass is 558 g/mol. The minimum Gasteiger partial charge on any atom is -0.394 e. The molecule has 2 saturated heterocycles. The first-order valence-electron chi connectivity index (χ1n) is 14.9. The van der Waals surface area contributed by atoms with E-state index in [1.54, 1.807) is 10.9 Å². The average molecular weight is 559 g/mol. The standard InChI is InChI=1S/C30H34N6O5/c37-13-21-23-24(41-30(40-23)11-19-3-1-2-4-20(19)12-30)27(39-21)36-15-33-22-25(31-14-32-26(22)36)34-28(38)35-29-8-16-5-17(9-29)7-18(6-16)10-29/h1-4,14-18,21,23-24,27,37H,5-13H2,(H2,31,32,34,35,38)/t16?,17?,18?,21-,23?,24+,27-,29?/m1/s1. The van der Waals surface area contributed by atoms with Gasteiger partial charge < -0.3 is 24.6 Å². The Labute approximate surface area is 237 Å². The summed E-state index contributed by atoms with van der Waals surface area (Å²) >= 11 is 0. The van der Waals surface area contributed by atoms with Gasteiger partial charge in [-0.15, -0.1) is 0 Å². The largest absolute Gasteiger partial charge is 0.394 e. The molecule has 1 spiro atoms. The fraction of sp³-hybridized carbons (Fsp3) is 0.600. The predicted molar refractivity (Wildman–Crippen MR) is 146 cm³/mol. The number of aliphatic hydroxyl groups excluding tert-OH is 1. The first kappa shape index (κ1) is 24.5. The third kappa shape index (κ3) is 3.78. The van der Waals surface area contributed by atoms with Crippen molar-refractivity contribution in [2.45, 2.75) is 87.2 Å². The van der Waals surface area contributed by atoms with Crippen molar-refractivity contribution in [2.75, 3.05) is 11.9 Å². The zero-order valence-electron chi connectivity index (χ0n) is 22.7. The van der Waals surface area contributed by atoms with E-state index in [9.17, 15) is 9.90 Å². The minimum absolute atomic E-state index is 0.105. The fourth-order valence-electron chi connectivity index (χ4n) is 9.36. The maximum atomic E-state index is 13.3. The molecule has 4 atom stereocenters. The van der Waals surface area contributed by atoms with Crippen molar-refractivity contribution in [2.24, 2.45) is 17.8 Å². The highest BCUT2D eigenvalue weighted by Crippen LogP contribution is 2.55. The number of ether oxygens (including phenoxy) is 3. The Morgan fingerprint density at radius 3 is 2.34 bits per heavy atom. The van der Waals surface area contributed by atoms with Crippen LogP contribution in [0.2, 0.25) is 0 Å². The molecular weight excluding hydrogens is 524 g/mol. The van der Waals surface area contributed by atoms with Gasteiger partial charge in [0, 0.05) is 18.4 Å². The Morgan fingerprint density at radius 2 is 1.66 bits per heavy atom. The SMILES string of the molecule is O=C(Nc1ncnc2c1ncn2[C@@H]1O[C@H](CO)C2OC3(Cc4ccccc4C3)O[C@@H]21)NC12CC3CC(CC(C3)C1)C2. The molecule has 11 nitrogen and oxygen atoms in total. The molecule has 1 unspecified atom stereocenters. The number of aliphatic hydroxyl groups is 1. The van der Waals surface area contributed by atoms with E-state index in [0.29, 0.717) is 29.8 Å². The first-order chi connectivity index (χ1) is 20.0. The van der Waals surface area contributed by atoms with E-state index in [1.165, 1.54) is 36.7 Å². The van der Waals surface area contributed by atoms with Gasteiger partial charge in [0.2, 0.25) is 0 Å². The lowest BCUT2D eigenvalue weighted by atomic mass is 9.53. The summed E-state index contributed by atoms with van der Waals surface area (Å²) in [5.41, 5.74) is 3.32. The van der Waals surface area contributed by atoms with Crippen LogP contribution in [0.25, 0.3) is 11.2 Å². The summed E-state index contributed by atoms with van der Waals surface area (Å²) in [7, 11) is 0. The summed E-state index contributed by atoms with van der Waals surface area (Å²) in [5.74, 6) is 1.79. The molecule has 2 aromatic heterocycles. The van der Waals surface area contributed by atoms with E-state index in [-0.39, 0.29) is 18.2 Å². The number of imidazole rings is 1. The second-order valence-corrected chi connectivity index (χ2v) is 13.3. The third-order valence-corrected chi connectivity index (χ3v) is 10.5. The van der Waals surface area contributed by atoms with Crippen LogP contribution in [0, 0.1) is 17.8 Å². The Kier molecular flexibility index (Phi) is 5.19. The highest BCUT2D eigenvalue weighted by atomic mass is 16.8. The normalized spacial score (nSPS) is 37.5. The second-order valence-electron chi connectivity index (χ2n) is 13.3. The smallest absolute Gasteiger partial charge is 0.320 e. The number of anilines is 1. The Hall–Kier alpha value is -3.12. The van der Waals surface area contributed by atoms with Crippen LogP contribution in [-0.4, -0.2) is 66.9 Å². The zero-order valence-corrected chi connectivity index (χ0v) is 22.7. The molecule has 3 N–H and O–H groups in total. The van der Waals surface area contributed by atoms with Crippen molar-refractivity contribution < 1.29 is 24.1 Å². The Morgan fingerprint density at radius 1 is 0.976 bits per heavy atom. The van der Waals surface area contributed by atoms with Gasteiger partial charge in [-0.25, -0.2) is 19.7 Å². The summed E-state index contributed by atoms with van der Waals surface area (Å²) in [6.45, 7) is -0.192. The van der Waals surface area contributed by atoms with Crippen LogP contribution < -0.4 is 10.6 Å². The van der Waals surface area contributed by atoms with Crippen LogP contribution in [0.1, 0.15) is 55.9 Å². The van der Waals surface area contributed by atoms with Crippen molar-refractivity contribution in [1.29, 1.82) is 0 Å². The van der Waals surface area contributed by atoms with Gasteiger partial charge in [-0.3, -0.25) is 9.88 Å². The van der Waals surface area contributed by atoms with Crippen LogP contribution in [0.15, 0.2) is 36.9 Å². The van der Waals surface area contributed by atoms with Crippen molar-refractivity contribution >= 4 is 23.0 Å².